The van der Waals surface area contributed by atoms with Crippen LogP contribution in [-0.2, 0) is 14.3 Å². The highest BCUT2D eigenvalue weighted by Gasteiger charge is 2.25. The molecular formula is C22H32N2O6. The Bertz CT molecular complexity index is 745. The van der Waals surface area contributed by atoms with Crippen LogP contribution in [0, 0.1) is 11.8 Å². The van der Waals surface area contributed by atoms with Crippen LogP contribution in [0.15, 0.2) is 12.3 Å². The van der Waals surface area contributed by atoms with E-state index < -0.39 is 23.9 Å². The van der Waals surface area contributed by atoms with Gasteiger partial charge in [-0.2, -0.15) is 0 Å². The van der Waals surface area contributed by atoms with E-state index in [9.17, 15) is 14.4 Å². The van der Waals surface area contributed by atoms with Crippen LogP contribution >= 0.6 is 0 Å². The van der Waals surface area contributed by atoms with E-state index in [1.807, 2.05) is 0 Å². The number of rotatable bonds is 9. The third-order valence-electron chi connectivity index (χ3n) is 5.22. The second-order valence-corrected chi connectivity index (χ2v) is 7.95. The van der Waals surface area contributed by atoms with Crippen LogP contribution in [0.25, 0.3) is 0 Å². The highest BCUT2D eigenvalue weighted by atomic mass is 16.6. The first-order chi connectivity index (χ1) is 14.3. The van der Waals surface area contributed by atoms with E-state index in [2.05, 4.69) is 17.2 Å². The quantitative estimate of drug-likeness (QED) is 0.611. The molecule has 1 aliphatic rings. The van der Waals surface area contributed by atoms with Gasteiger partial charge in [0.15, 0.2) is 11.4 Å². The maximum Gasteiger partial charge on any atom is 0.328 e. The standard InChI is InChI=1S/C22H32N2O6/c1-14(12-17-8-6-5-7-9-17)13-29-22(27)15(2)24-21(26)19-20(30-16(3)25)18(28-4)10-11-23-19/h10-11,14-15,17H,5-9,12-13H2,1-4H3,(H,24,26)/t14-,15-/m0/s1. The second kappa shape index (κ2) is 11.5. The van der Waals surface area contributed by atoms with Crippen LogP contribution in [0.5, 0.6) is 11.5 Å². The van der Waals surface area contributed by atoms with Gasteiger partial charge in [0.05, 0.1) is 13.7 Å². The number of aromatic nitrogens is 1. The fourth-order valence-electron chi connectivity index (χ4n) is 3.73. The van der Waals surface area contributed by atoms with E-state index in [1.165, 1.54) is 65.3 Å². The summed E-state index contributed by atoms with van der Waals surface area (Å²) in [6.45, 7) is 5.16. The fraction of sp³-hybridized carbons (Fsp3) is 0.636. The number of hydrogen-bond acceptors (Lipinski definition) is 7. The van der Waals surface area contributed by atoms with E-state index in [-0.39, 0.29) is 23.1 Å². The van der Waals surface area contributed by atoms with Crippen molar-refractivity contribution in [3.63, 3.8) is 0 Å². The Kier molecular flexibility index (Phi) is 9.08. The number of carbonyl (C=O) groups is 3. The molecule has 0 radical (unpaired) electrons. The van der Waals surface area contributed by atoms with Crippen molar-refractivity contribution in [2.45, 2.75) is 65.3 Å². The van der Waals surface area contributed by atoms with Crippen LogP contribution in [0.4, 0.5) is 0 Å². The summed E-state index contributed by atoms with van der Waals surface area (Å²) in [6, 6.07) is 0.595. The van der Waals surface area contributed by atoms with E-state index in [0.717, 1.165) is 6.42 Å². The average Bonchev–Trinajstić information content (AvgIpc) is 2.72. The largest absolute Gasteiger partial charge is 0.493 e. The molecule has 8 nitrogen and oxygen atoms in total. The Balaban J connectivity index is 1.90. The minimum atomic E-state index is -0.877. The van der Waals surface area contributed by atoms with Crippen LogP contribution in [-0.4, -0.2) is 42.6 Å². The zero-order chi connectivity index (χ0) is 22.1. The zero-order valence-electron chi connectivity index (χ0n) is 18.2. The normalized spacial score (nSPS) is 16.3. The molecule has 2 rings (SSSR count). The number of nitrogens with zero attached hydrogens (tertiary/aromatic N) is 1. The molecule has 1 fully saturated rings. The molecule has 1 N–H and O–H groups in total. The predicted octanol–water partition coefficient (Wildman–Crippen LogP) is 3.28. The maximum atomic E-state index is 12.6. The molecule has 0 aliphatic heterocycles. The van der Waals surface area contributed by atoms with Gasteiger partial charge in [0.1, 0.15) is 6.04 Å². The number of pyridine rings is 1. The molecule has 0 unspecified atom stereocenters. The molecule has 1 heterocycles. The number of esters is 2. The number of carbonyl (C=O) groups excluding carboxylic acids is 3. The Hall–Kier alpha value is -2.64. The van der Waals surface area contributed by atoms with Crippen molar-refractivity contribution in [2.24, 2.45) is 11.8 Å². The lowest BCUT2D eigenvalue weighted by Gasteiger charge is -2.24. The molecule has 0 bridgehead atoms. The first kappa shape index (κ1) is 23.6. The molecule has 1 aliphatic carbocycles. The molecule has 30 heavy (non-hydrogen) atoms. The van der Waals surface area contributed by atoms with Crippen LogP contribution in [0.2, 0.25) is 0 Å². The topological polar surface area (TPSA) is 104 Å². The fourth-order valence-corrected chi connectivity index (χ4v) is 3.73. The minimum Gasteiger partial charge on any atom is -0.493 e. The number of amides is 1. The summed E-state index contributed by atoms with van der Waals surface area (Å²) >= 11 is 0. The number of nitrogens with one attached hydrogen (secondary N) is 1. The summed E-state index contributed by atoms with van der Waals surface area (Å²) in [7, 11) is 1.39. The molecule has 1 aromatic rings. The van der Waals surface area contributed by atoms with Gasteiger partial charge in [0.2, 0.25) is 5.75 Å². The van der Waals surface area contributed by atoms with Crippen LogP contribution < -0.4 is 14.8 Å². The van der Waals surface area contributed by atoms with Gasteiger partial charge in [-0.3, -0.25) is 9.59 Å². The average molecular weight is 421 g/mol. The summed E-state index contributed by atoms with van der Waals surface area (Å²) in [4.78, 5) is 40.3. The minimum absolute atomic E-state index is 0.0910. The van der Waals surface area contributed by atoms with Gasteiger partial charge in [-0.15, -0.1) is 0 Å². The highest BCUT2D eigenvalue weighted by molar-refractivity contribution is 5.98. The Morgan fingerprint density at radius 3 is 2.53 bits per heavy atom. The van der Waals surface area contributed by atoms with E-state index >= 15 is 0 Å². The maximum absolute atomic E-state index is 12.6. The molecular weight excluding hydrogens is 388 g/mol. The van der Waals surface area contributed by atoms with Gasteiger partial charge in [0, 0.05) is 19.2 Å². The molecule has 0 aromatic carbocycles. The highest BCUT2D eigenvalue weighted by Crippen LogP contribution is 2.30. The first-order valence-corrected chi connectivity index (χ1v) is 10.5. The molecule has 1 saturated carbocycles. The lowest BCUT2D eigenvalue weighted by atomic mass is 9.83. The molecule has 8 heteroatoms. The SMILES string of the molecule is COc1ccnc(C(=O)N[C@@H](C)C(=O)OC[C@@H](C)CC2CCCCC2)c1OC(C)=O. The van der Waals surface area contributed by atoms with Crippen LogP contribution in [0.1, 0.15) is 69.8 Å². The van der Waals surface area contributed by atoms with E-state index in [4.69, 9.17) is 14.2 Å². The Morgan fingerprint density at radius 2 is 1.90 bits per heavy atom. The molecule has 2 atom stereocenters. The second-order valence-electron chi connectivity index (χ2n) is 7.95. The Morgan fingerprint density at radius 1 is 1.20 bits per heavy atom. The monoisotopic (exact) mass is 420 g/mol. The van der Waals surface area contributed by atoms with Gasteiger partial charge >= 0.3 is 11.9 Å². The number of ether oxygens (including phenoxy) is 3. The lowest BCUT2D eigenvalue weighted by molar-refractivity contribution is -0.147. The molecule has 0 saturated heterocycles. The van der Waals surface area contributed by atoms with Gasteiger partial charge in [-0.25, -0.2) is 9.78 Å². The van der Waals surface area contributed by atoms with Crippen molar-refractivity contribution in [2.75, 3.05) is 13.7 Å². The molecule has 166 valence electrons. The number of methoxy groups -OCH3 is 1. The van der Waals surface area contributed by atoms with Gasteiger partial charge < -0.3 is 19.5 Å². The van der Waals surface area contributed by atoms with Gasteiger partial charge in [-0.1, -0.05) is 39.0 Å². The molecule has 1 amide bonds. The third kappa shape index (κ3) is 7.00. The van der Waals surface area contributed by atoms with Crippen molar-refractivity contribution in [3.05, 3.63) is 18.0 Å². The Labute approximate surface area is 177 Å². The van der Waals surface area contributed by atoms with E-state index in [1.54, 1.807) is 0 Å². The zero-order valence-corrected chi connectivity index (χ0v) is 18.2. The van der Waals surface area contributed by atoms with Crippen LogP contribution in [0.3, 0.4) is 0 Å². The summed E-state index contributed by atoms with van der Waals surface area (Å²) in [5, 5.41) is 2.54. The summed E-state index contributed by atoms with van der Waals surface area (Å²) in [6.07, 6.45) is 8.80. The molecule has 0 spiro atoms. The first-order valence-electron chi connectivity index (χ1n) is 10.5. The number of hydrogen-bond donors (Lipinski definition) is 1. The van der Waals surface area contributed by atoms with Gasteiger partial charge in [-0.05, 0) is 25.2 Å². The van der Waals surface area contributed by atoms with Crippen molar-refractivity contribution >= 4 is 17.8 Å². The lowest BCUT2D eigenvalue weighted by Crippen LogP contribution is -2.40. The van der Waals surface area contributed by atoms with Crippen molar-refractivity contribution < 1.29 is 28.6 Å². The summed E-state index contributed by atoms with van der Waals surface area (Å²) < 4.78 is 15.6. The smallest absolute Gasteiger partial charge is 0.328 e. The summed E-state index contributed by atoms with van der Waals surface area (Å²) in [5.41, 5.74) is -0.144. The van der Waals surface area contributed by atoms with Crippen molar-refractivity contribution in [3.8, 4) is 11.5 Å². The summed E-state index contributed by atoms with van der Waals surface area (Å²) in [5.74, 6) is -0.710. The molecule has 1 aromatic heterocycles. The third-order valence-corrected chi connectivity index (χ3v) is 5.22. The van der Waals surface area contributed by atoms with Crippen molar-refractivity contribution in [1.82, 2.24) is 10.3 Å². The van der Waals surface area contributed by atoms with Crippen molar-refractivity contribution in [1.29, 1.82) is 0 Å². The van der Waals surface area contributed by atoms with E-state index in [0.29, 0.717) is 12.5 Å². The predicted molar refractivity (Wildman–Crippen MR) is 110 cm³/mol. The van der Waals surface area contributed by atoms with Gasteiger partial charge in [0.25, 0.3) is 5.91 Å².